The quantitative estimate of drug-likeness (QED) is 0.489. The molecule has 0 radical (unpaired) electrons. The van der Waals surface area contributed by atoms with Gasteiger partial charge in [-0.3, -0.25) is 9.59 Å². The van der Waals surface area contributed by atoms with Crippen LogP contribution in [0.1, 0.15) is 50.8 Å². The zero-order chi connectivity index (χ0) is 24.6. The Bertz CT molecular complexity index is 1270. The number of ketones is 1. The van der Waals surface area contributed by atoms with Crippen molar-refractivity contribution in [2.24, 2.45) is 0 Å². The zero-order valence-corrected chi connectivity index (χ0v) is 19.6. The lowest BCUT2D eigenvalue weighted by Crippen LogP contribution is -2.45. The molecule has 4 rings (SSSR count). The fourth-order valence-corrected chi connectivity index (χ4v) is 3.93. The van der Waals surface area contributed by atoms with E-state index in [-0.39, 0.29) is 30.7 Å². The van der Waals surface area contributed by atoms with Crippen LogP contribution in [-0.4, -0.2) is 33.9 Å². The van der Waals surface area contributed by atoms with Crippen molar-refractivity contribution in [2.45, 2.75) is 39.7 Å². The van der Waals surface area contributed by atoms with Gasteiger partial charge in [0, 0.05) is 23.8 Å². The van der Waals surface area contributed by atoms with Gasteiger partial charge in [-0.1, -0.05) is 0 Å². The molecule has 0 aliphatic carbocycles. The molecule has 176 valence electrons. The van der Waals surface area contributed by atoms with Crippen molar-refractivity contribution in [1.82, 2.24) is 9.97 Å². The van der Waals surface area contributed by atoms with Crippen molar-refractivity contribution in [3.05, 3.63) is 64.5 Å². The summed E-state index contributed by atoms with van der Waals surface area (Å²) in [6, 6.07) is 6.90. The van der Waals surface area contributed by atoms with Gasteiger partial charge in [-0.15, -0.1) is 0 Å². The summed E-state index contributed by atoms with van der Waals surface area (Å²) >= 11 is 0. The first-order valence-electron chi connectivity index (χ1n) is 10.8. The summed E-state index contributed by atoms with van der Waals surface area (Å²) in [5.74, 6) is 0.901. The van der Waals surface area contributed by atoms with Crippen LogP contribution in [0.4, 0.5) is 17.3 Å². The van der Waals surface area contributed by atoms with Crippen LogP contribution >= 0.6 is 0 Å². The molecule has 1 unspecified atom stereocenters. The van der Waals surface area contributed by atoms with Crippen LogP contribution in [0.2, 0.25) is 0 Å². The predicted molar refractivity (Wildman–Crippen MR) is 129 cm³/mol. The predicted octanol–water partition coefficient (Wildman–Crippen LogP) is 3.62. The van der Waals surface area contributed by atoms with E-state index >= 15 is 0 Å². The Kier molecular flexibility index (Phi) is 5.87. The summed E-state index contributed by atoms with van der Waals surface area (Å²) in [6.07, 6.45) is 2.90. The number of nitrogens with zero attached hydrogens (tertiary/aromatic N) is 2. The monoisotopic (exact) mass is 461 g/mol. The largest absolute Gasteiger partial charge is 0.489 e. The van der Waals surface area contributed by atoms with Gasteiger partial charge < -0.3 is 26.3 Å². The van der Waals surface area contributed by atoms with E-state index in [2.05, 4.69) is 15.3 Å². The second-order valence-electron chi connectivity index (χ2n) is 8.74. The normalized spacial score (nSPS) is 17.0. The summed E-state index contributed by atoms with van der Waals surface area (Å²) in [7, 11) is 0. The highest BCUT2D eigenvalue weighted by Crippen LogP contribution is 2.42. The molecule has 9 heteroatoms. The fraction of sp³-hybridized carbons (Fsp3) is 0.280. The number of amides is 1. The number of carbonyl (C=O) groups is 2. The molecule has 1 atom stereocenters. The number of nitrogen functional groups attached to an aromatic ring is 2. The summed E-state index contributed by atoms with van der Waals surface area (Å²) in [4.78, 5) is 32.9. The molecule has 1 amide bonds. The molecular weight excluding hydrogens is 434 g/mol. The van der Waals surface area contributed by atoms with Crippen molar-refractivity contribution in [1.29, 1.82) is 0 Å². The van der Waals surface area contributed by atoms with E-state index in [0.717, 1.165) is 16.7 Å². The van der Waals surface area contributed by atoms with E-state index in [1.54, 1.807) is 24.3 Å². The van der Waals surface area contributed by atoms with E-state index < -0.39 is 5.60 Å². The van der Waals surface area contributed by atoms with Crippen LogP contribution in [0, 0.1) is 20.8 Å². The van der Waals surface area contributed by atoms with Gasteiger partial charge in [0.15, 0.2) is 5.78 Å². The third kappa shape index (κ3) is 4.36. The lowest BCUT2D eigenvalue weighted by molar-refractivity contribution is 0.0183. The van der Waals surface area contributed by atoms with Gasteiger partial charge in [-0.2, -0.15) is 0 Å². The average Bonchev–Trinajstić information content (AvgIpc) is 2.81. The maximum atomic E-state index is 13.0. The number of carbonyl (C=O) groups excluding carboxylic acids is 2. The van der Waals surface area contributed by atoms with Gasteiger partial charge in [0.25, 0.3) is 5.91 Å². The number of aromatic nitrogens is 2. The number of Topliss-reactive ketones (excluding diaryl/α,β-unsaturated/α-hetero) is 1. The molecule has 34 heavy (non-hydrogen) atoms. The molecule has 9 nitrogen and oxygen atoms in total. The lowest BCUT2D eigenvalue weighted by atomic mass is 9.86. The molecule has 5 N–H and O–H groups in total. The van der Waals surface area contributed by atoms with Crippen LogP contribution in [0.15, 0.2) is 36.7 Å². The van der Waals surface area contributed by atoms with E-state index in [4.69, 9.17) is 20.9 Å². The number of anilines is 3. The maximum Gasteiger partial charge on any atom is 0.258 e. The van der Waals surface area contributed by atoms with Gasteiger partial charge in [-0.25, -0.2) is 9.97 Å². The number of nitrogens with one attached hydrogen (secondary N) is 1. The molecule has 0 saturated heterocycles. The van der Waals surface area contributed by atoms with Crippen molar-refractivity contribution >= 4 is 29.0 Å². The third-order valence-electron chi connectivity index (χ3n) is 6.07. The molecule has 0 fully saturated rings. The summed E-state index contributed by atoms with van der Waals surface area (Å²) in [5.41, 5.74) is 15.4. The molecule has 2 aromatic carbocycles. The van der Waals surface area contributed by atoms with E-state index in [1.807, 2.05) is 27.7 Å². The van der Waals surface area contributed by atoms with Crippen LogP contribution in [0.5, 0.6) is 11.5 Å². The van der Waals surface area contributed by atoms with Crippen LogP contribution in [-0.2, 0) is 0 Å². The highest BCUT2D eigenvalue weighted by Gasteiger charge is 2.40. The van der Waals surface area contributed by atoms with Gasteiger partial charge in [-0.05, 0) is 68.7 Å². The molecular formula is C25H27N5O4. The second kappa shape index (κ2) is 8.66. The van der Waals surface area contributed by atoms with Gasteiger partial charge in [0.05, 0.1) is 17.5 Å². The van der Waals surface area contributed by atoms with Crippen molar-refractivity contribution in [3.8, 4) is 11.5 Å². The molecule has 0 spiro atoms. The summed E-state index contributed by atoms with van der Waals surface area (Å²) in [6.45, 7) is 7.72. The number of fused-ring (bicyclic) bond motifs is 1. The van der Waals surface area contributed by atoms with Crippen molar-refractivity contribution < 1.29 is 19.1 Å². The van der Waals surface area contributed by atoms with Crippen LogP contribution in [0.3, 0.4) is 0 Å². The van der Waals surface area contributed by atoms with E-state index in [9.17, 15) is 9.59 Å². The fourth-order valence-electron chi connectivity index (χ4n) is 3.93. The van der Waals surface area contributed by atoms with Gasteiger partial charge in [0.2, 0.25) is 5.95 Å². The Hall–Kier alpha value is -4.14. The number of nitrogens with two attached hydrogens (primary N) is 2. The minimum Gasteiger partial charge on any atom is -0.489 e. The van der Waals surface area contributed by atoms with Crippen LogP contribution in [0.25, 0.3) is 0 Å². The molecule has 1 aliphatic rings. The Morgan fingerprint density at radius 3 is 2.38 bits per heavy atom. The molecule has 1 aromatic heterocycles. The first-order valence-corrected chi connectivity index (χ1v) is 10.8. The molecule has 0 saturated carbocycles. The zero-order valence-electron chi connectivity index (χ0n) is 19.6. The number of benzene rings is 2. The first-order chi connectivity index (χ1) is 16.1. The van der Waals surface area contributed by atoms with Crippen molar-refractivity contribution in [2.75, 3.05) is 23.4 Å². The average molecular weight is 462 g/mol. The second-order valence-corrected chi connectivity index (χ2v) is 8.74. The Morgan fingerprint density at radius 1 is 1.09 bits per heavy atom. The van der Waals surface area contributed by atoms with Gasteiger partial charge in [0.1, 0.15) is 23.7 Å². The maximum absolute atomic E-state index is 13.0. The lowest BCUT2D eigenvalue weighted by Gasteiger charge is -2.36. The number of hydrogen-bond donors (Lipinski definition) is 3. The Morgan fingerprint density at radius 2 is 1.74 bits per heavy atom. The van der Waals surface area contributed by atoms with E-state index in [0.29, 0.717) is 34.0 Å². The molecule has 3 aromatic rings. The number of ether oxygens (including phenoxy) is 2. The summed E-state index contributed by atoms with van der Waals surface area (Å²) < 4.78 is 12.3. The Balaban J connectivity index is 1.43. The molecule has 1 aliphatic heterocycles. The number of rotatable bonds is 5. The molecule has 0 bridgehead atoms. The SMILES string of the molecule is Cc1c(C)c2c(c(C)c1N)C(=O)CC(C)(COc1ccc(NC(=O)c3cnc(N)nc3)cc1)O2. The Labute approximate surface area is 197 Å². The highest BCUT2D eigenvalue weighted by molar-refractivity contribution is 6.04. The van der Waals surface area contributed by atoms with E-state index in [1.165, 1.54) is 12.4 Å². The smallest absolute Gasteiger partial charge is 0.258 e. The summed E-state index contributed by atoms with van der Waals surface area (Å²) in [5, 5.41) is 2.76. The standard InChI is InChI=1S/C25H27N5O4/c1-13-14(2)22-20(15(3)21(13)26)19(31)9-25(4,34-22)12-33-18-7-5-17(6-8-18)30-23(32)16-10-28-24(27)29-11-16/h5-8,10-11H,9,12,26H2,1-4H3,(H,30,32)(H2,27,28,29). The highest BCUT2D eigenvalue weighted by atomic mass is 16.5. The minimum absolute atomic E-state index is 0.00985. The minimum atomic E-state index is -0.827. The van der Waals surface area contributed by atoms with Gasteiger partial charge >= 0.3 is 0 Å². The molecule has 2 heterocycles. The van der Waals surface area contributed by atoms with Crippen LogP contribution < -0.4 is 26.3 Å². The third-order valence-corrected chi connectivity index (χ3v) is 6.07. The first kappa shape index (κ1) is 23.0. The topological polar surface area (TPSA) is 142 Å². The van der Waals surface area contributed by atoms with Crippen molar-refractivity contribution in [3.63, 3.8) is 0 Å². The number of hydrogen-bond acceptors (Lipinski definition) is 8.